The van der Waals surface area contributed by atoms with Crippen LogP contribution < -0.4 is 0 Å². The van der Waals surface area contributed by atoms with E-state index in [4.69, 9.17) is 5.21 Å². The zero-order valence-corrected chi connectivity index (χ0v) is 8.72. The molecule has 0 atom stereocenters. The van der Waals surface area contributed by atoms with E-state index in [9.17, 15) is 4.79 Å². The summed E-state index contributed by atoms with van der Waals surface area (Å²) >= 11 is 0. The Hall–Kier alpha value is -0.860. The second kappa shape index (κ2) is 2.82. The Morgan fingerprint density at radius 1 is 1.31 bits per heavy atom. The van der Waals surface area contributed by atoms with Crippen LogP contribution in [0.5, 0.6) is 0 Å². The largest absolute Gasteiger partial charge is 0.411 e. The van der Waals surface area contributed by atoms with Crippen LogP contribution in [0, 0.1) is 10.8 Å². The molecule has 13 heavy (non-hydrogen) atoms. The predicted octanol–water partition coefficient (Wildman–Crippen LogP) is 2.23. The zero-order valence-electron chi connectivity index (χ0n) is 8.72. The molecule has 0 bridgehead atoms. The molecule has 0 heterocycles. The fourth-order valence-electron chi connectivity index (χ4n) is 1.62. The van der Waals surface area contributed by atoms with Crippen molar-refractivity contribution in [1.82, 2.24) is 0 Å². The van der Waals surface area contributed by atoms with Gasteiger partial charge in [-0.15, -0.1) is 0 Å². The first-order valence-electron chi connectivity index (χ1n) is 4.58. The summed E-state index contributed by atoms with van der Waals surface area (Å²) < 4.78 is 0. The molecule has 0 radical (unpaired) electrons. The van der Waals surface area contributed by atoms with Crippen molar-refractivity contribution in [2.75, 3.05) is 0 Å². The van der Waals surface area contributed by atoms with Crippen LogP contribution in [0.15, 0.2) is 5.16 Å². The second-order valence-electron chi connectivity index (χ2n) is 4.88. The molecule has 1 fully saturated rings. The van der Waals surface area contributed by atoms with E-state index in [0.717, 1.165) is 6.42 Å². The Balaban J connectivity index is 3.07. The number of nitrogens with zero attached hydrogens (tertiary/aromatic N) is 1. The number of Topliss-reactive ketones (excluding diaryl/α,β-unsaturated/α-hetero) is 1. The standard InChI is InChI=1S/C10H17NO2/c1-9(2)6-5-7(11-13)8(12)10(9,3)4/h13H,5-6H2,1-4H3. The molecule has 3 nitrogen and oxygen atoms in total. The highest BCUT2D eigenvalue weighted by Gasteiger charge is 2.48. The van der Waals surface area contributed by atoms with Gasteiger partial charge >= 0.3 is 0 Å². The van der Waals surface area contributed by atoms with Gasteiger partial charge in [0, 0.05) is 5.41 Å². The summed E-state index contributed by atoms with van der Waals surface area (Å²) in [4.78, 5) is 11.8. The van der Waals surface area contributed by atoms with Gasteiger partial charge in [0.05, 0.1) is 0 Å². The maximum atomic E-state index is 11.8. The third kappa shape index (κ3) is 1.36. The van der Waals surface area contributed by atoms with Crippen molar-refractivity contribution >= 4 is 11.5 Å². The first-order valence-corrected chi connectivity index (χ1v) is 4.58. The lowest BCUT2D eigenvalue weighted by atomic mass is 9.58. The molecule has 3 heteroatoms. The summed E-state index contributed by atoms with van der Waals surface area (Å²) in [5.74, 6) is -0.0220. The van der Waals surface area contributed by atoms with Crippen molar-refractivity contribution in [2.45, 2.75) is 40.5 Å². The summed E-state index contributed by atoms with van der Waals surface area (Å²) in [6.07, 6.45) is 1.48. The van der Waals surface area contributed by atoms with Gasteiger partial charge in [-0.05, 0) is 18.3 Å². The first kappa shape index (κ1) is 10.2. The number of hydrogen-bond acceptors (Lipinski definition) is 3. The summed E-state index contributed by atoms with van der Waals surface area (Å²) in [7, 11) is 0. The van der Waals surface area contributed by atoms with Crippen molar-refractivity contribution in [3.63, 3.8) is 0 Å². The van der Waals surface area contributed by atoms with Crippen LogP contribution in [0.1, 0.15) is 40.5 Å². The highest BCUT2D eigenvalue weighted by Crippen LogP contribution is 2.46. The highest BCUT2D eigenvalue weighted by atomic mass is 16.4. The van der Waals surface area contributed by atoms with Gasteiger partial charge in [0.1, 0.15) is 5.71 Å². The number of carbonyl (C=O) groups is 1. The highest BCUT2D eigenvalue weighted by molar-refractivity contribution is 6.42. The Bertz CT molecular complexity index is 264. The van der Waals surface area contributed by atoms with Gasteiger partial charge in [-0.25, -0.2) is 0 Å². The van der Waals surface area contributed by atoms with E-state index < -0.39 is 5.41 Å². The van der Waals surface area contributed by atoms with Crippen molar-refractivity contribution < 1.29 is 10.0 Å². The molecule has 1 saturated carbocycles. The Morgan fingerprint density at radius 3 is 2.31 bits per heavy atom. The molecule has 1 aliphatic rings. The molecule has 0 saturated heterocycles. The van der Waals surface area contributed by atoms with Crippen LogP contribution in [0.2, 0.25) is 0 Å². The molecule has 0 aromatic heterocycles. The predicted molar refractivity (Wildman–Crippen MR) is 51.0 cm³/mol. The number of rotatable bonds is 0. The van der Waals surface area contributed by atoms with Gasteiger partial charge in [0.2, 0.25) is 0 Å². The smallest absolute Gasteiger partial charge is 0.186 e. The lowest BCUT2D eigenvalue weighted by Crippen LogP contribution is -2.47. The Morgan fingerprint density at radius 2 is 1.85 bits per heavy atom. The lowest BCUT2D eigenvalue weighted by molar-refractivity contribution is -0.128. The van der Waals surface area contributed by atoms with E-state index in [1.165, 1.54) is 0 Å². The Labute approximate surface area is 78.8 Å². The topological polar surface area (TPSA) is 49.7 Å². The van der Waals surface area contributed by atoms with Gasteiger partial charge in [-0.1, -0.05) is 32.9 Å². The minimum atomic E-state index is -0.424. The molecule has 1 aliphatic carbocycles. The van der Waals surface area contributed by atoms with Crippen LogP contribution >= 0.6 is 0 Å². The summed E-state index contributed by atoms with van der Waals surface area (Å²) in [5, 5.41) is 11.7. The van der Waals surface area contributed by atoms with E-state index in [2.05, 4.69) is 19.0 Å². The molecule has 74 valence electrons. The Kier molecular flexibility index (Phi) is 2.22. The summed E-state index contributed by atoms with van der Waals surface area (Å²) in [5.41, 5.74) is -0.116. The van der Waals surface area contributed by atoms with Crippen LogP contribution in [-0.4, -0.2) is 16.7 Å². The zero-order chi connectivity index (χ0) is 10.3. The van der Waals surface area contributed by atoms with E-state index in [0.29, 0.717) is 12.1 Å². The molecule has 0 aromatic rings. The third-order valence-corrected chi connectivity index (χ3v) is 3.63. The molecule has 1 N–H and O–H groups in total. The van der Waals surface area contributed by atoms with Gasteiger partial charge in [-0.2, -0.15) is 0 Å². The van der Waals surface area contributed by atoms with Crippen LogP contribution in [-0.2, 0) is 4.79 Å². The van der Waals surface area contributed by atoms with Crippen molar-refractivity contribution in [3.8, 4) is 0 Å². The van der Waals surface area contributed by atoms with Crippen LogP contribution in [0.25, 0.3) is 0 Å². The number of carbonyl (C=O) groups excluding carboxylic acids is 1. The maximum Gasteiger partial charge on any atom is 0.186 e. The molecular weight excluding hydrogens is 166 g/mol. The van der Waals surface area contributed by atoms with Crippen molar-refractivity contribution in [3.05, 3.63) is 0 Å². The quantitative estimate of drug-likeness (QED) is 0.462. The SMILES string of the molecule is CC1(C)CCC(=NO)C(=O)C1(C)C. The number of ketones is 1. The maximum absolute atomic E-state index is 11.8. The number of oxime groups is 1. The van der Waals surface area contributed by atoms with Gasteiger partial charge < -0.3 is 5.21 Å². The third-order valence-electron chi connectivity index (χ3n) is 3.63. The number of hydrogen-bond donors (Lipinski definition) is 1. The minimum Gasteiger partial charge on any atom is -0.411 e. The monoisotopic (exact) mass is 183 g/mol. The van der Waals surface area contributed by atoms with E-state index in [1.54, 1.807) is 0 Å². The summed E-state index contributed by atoms with van der Waals surface area (Å²) in [6, 6.07) is 0. The van der Waals surface area contributed by atoms with Crippen LogP contribution in [0.3, 0.4) is 0 Å². The summed E-state index contributed by atoms with van der Waals surface area (Å²) in [6.45, 7) is 8.00. The average molecular weight is 183 g/mol. The molecule has 0 amide bonds. The van der Waals surface area contributed by atoms with Crippen molar-refractivity contribution in [1.29, 1.82) is 0 Å². The first-order chi connectivity index (χ1) is 5.83. The van der Waals surface area contributed by atoms with Gasteiger partial charge in [-0.3, -0.25) is 4.79 Å². The van der Waals surface area contributed by atoms with E-state index in [-0.39, 0.29) is 11.2 Å². The van der Waals surface area contributed by atoms with E-state index in [1.807, 2.05) is 13.8 Å². The molecule has 0 aliphatic heterocycles. The fourth-order valence-corrected chi connectivity index (χ4v) is 1.62. The normalized spacial score (nSPS) is 29.2. The molecular formula is C10H17NO2. The second-order valence-corrected chi connectivity index (χ2v) is 4.88. The molecule has 0 spiro atoms. The molecule has 1 rings (SSSR count). The van der Waals surface area contributed by atoms with E-state index >= 15 is 0 Å². The molecule has 0 unspecified atom stereocenters. The fraction of sp³-hybridized carbons (Fsp3) is 0.800. The lowest BCUT2D eigenvalue weighted by Gasteiger charge is -2.44. The van der Waals surface area contributed by atoms with Gasteiger partial charge in [0.15, 0.2) is 5.78 Å². The van der Waals surface area contributed by atoms with Crippen LogP contribution in [0.4, 0.5) is 0 Å². The minimum absolute atomic E-state index is 0.0156. The van der Waals surface area contributed by atoms with Gasteiger partial charge in [0.25, 0.3) is 0 Å². The average Bonchev–Trinajstić information content (AvgIpc) is 2.02. The van der Waals surface area contributed by atoms with Crippen molar-refractivity contribution in [2.24, 2.45) is 16.0 Å². The molecule has 0 aromatic carbocycles.